The van der Waals surface area contributed by atoms with Gasteiger partial charge in [-0.1, -0.05) is 0 Å². The predicted octanol–water partition coefficient (Wildman–Crippen LogP) is 0.601. The minimum absolute atomic E-state index is 0.0351. The highest BCUT2D eigenvalue weighted by molar-refractivity contribution is 7.89. The zero-order valence-electron chi connectivity index (χ0n) is 9.69. The van der Waals surface area contributed by atoms with Crippen molar-refractivity contribution in [1.82, 2.24) is 4.72 Å². The summed E-state index contributed by atoms with van der Waals surface area (Å²) in [7, 11) is -3.77. The normalized spacial score (nSPS) is 18.3. The van der Waals surface area contributed by atoms with E-state index in [4.69, 9.17) is 5.73 Å². The van der Waals surface area contributed by atoms with Gasteiger partial charge in [-0.25, -0.2) is 17.5 Å². The number of aliphatic hydroxyl groups is 1. The highest BCUT2D eigenvalue weighted by Gasteiger charge is 2.35. The smallest absolute Gasteiger partial charge is 0.240 e. The zero-order chi connectivity index (χ0) is 13.4. The van der Waals surface area contributed by atoms with Crippen LogP contribution < -0.4 is 10.5 Å². The fourth-order valence-electron chi connectivity index (χ4n) is 1.76. The van der Waals surface area contributed by atoms with Crippen LogP contribution in [0.5, 0.6) is 0 Å². The van der Waals surface area contributed by atoms with Crippen LogP contribution in [0.15, 0.2) is 23.1 Å². The summed E-state index contributed by atoms with van der Waals surface area (Å²) in [4.78, 5) is -0.107. The van der Waals surface area contributed by atoms with E-state index in [1.54, 1.807) is 0 Å². The van der Waals surface area contributed by atoms with Crippen molar-refractivity contribution in [3.8, 4) is 0 Å². The van der Waals surface area contributed by atoms with Gasteiger partial charge in [-0.15, -0.1) is 0 Å². The molecule has 0 unspecified atom stereocenters. The number of rotatable bonds is 4. The van der Waals surface area contributed by atoms with Gasteiger partial charge in [-0.2, -0.15) is 0 Å². The van der Waals surface area contributed by atoms with Crippen molar-refractivity contribution in [2.75, 3.05) is 12.3 Å². The van der Waals surface area contributed by atoms with E-state index in [1.165, 1.54) is 0 Å². The summed E-state index contributed by atoms with van der Waals surface area (Å²) < 4.78 is 39.0. The van der Waals surface area contributed by atoms with Crippen molar-refractivity contribution >= 4 is 15.7 Å². The standard InChI is InChI=1S/C11H15FN2O3S/c12-9-3-2-8(6-10(9)13)18(16,17)14-7-11(15)4-1-5-11/h2-3,6,14-15H,1,4-5,7,13H2. The summed E-state index contributed by atoms with van der Waals surface area (Å²) >= 11 is 0. The summed E-state index contributed by atoms with van der Waals surface area (Å²) in [6, 6.07) is 3.20. The molecule has 18 heavy (non-hydrogen) atoms. The average molecular weight is 274 g/mol. The molecule has 100 valence electrons. The Morgan fingerprint density at radius 2 is 2.11 bits per heavy atom. The first-order chi connectivity index (χ1) is 8.32. The lowest BCUT2D eigenvalue weighted by atomic mass is 9.81. The minimum Gasteiger partial charge on any atom is -0.396 e. The lowest BCUT2D eigenvalue weighted by Crippen LogP contribution is -2.47. The third-order valence-corrected chi connectivity index (χ3v) is 4.55. The average Bonchev–Trinajstić information content (AvgIpc) is 2.27. The van der Waals surface area contributed by atoms with Crippen LogP contribution in [0, 0.1) is 5.82 Å². The number of hydrogen-bond acceptors (Lipinski definition) is 4. The molecule has 0 heterocycles. The topological polar surface area (TPSA) is 92.4 Å². The minimum atomic E-state index is -3.77. The van der Waals surface area contributed by atoms with Crippen LogP contribution in [0.2, 0.25) is 0 Å². The SMILES string of the molecule is Nc1cc(S(=O)(=O)NCC2(O)CCC2)ccc1F. The van der Waals surface area contributed by atoms with E-state index in [0.717, 1.165) is 24.6 Å². The maximum atomic E-state index is 12.9. The van der Waals surface area contributed by atoms with E-state index in [1.807, 2.05) is 0 Å². The number of benzene rings is 1. The second-order valence-corrected chi connectivity index (χ2v) is 6.35. The molecule has 5 nitrogen and oxygen atoms in total. The quantitative estimate of drug-likeness (QED) is 0.701. The summed E-state index contributed by atoms with van der Waals surface area (Å²) in [5, 5.41) is 9.81. The van der Waals surface area contributed by atoms with Crippen molar-refractivity contribution in [2.45, 2.75) is 29.8 Å². The number of anilines is 1. The lowest BCUT2D eigenvalue weighted by Gasteiger charge is -2.36. The number of nitrogens with one attached hydrogen (secondary N) is 1. The van der Waals surface area contributed by atoms with Gasteiger partial charge in [0.25, 0.3) is 0 Å². The fourth-order valence-corrected chi connectivity index (χ4v) is 2.92. The Morgan fingerprint density at radius 1 is 1.44 bits per heavy atom. The van der Waals surface area contributed by atoms with Crippen molar-refractivity contribution < 1.29 is 17.9 Å². The molecular weight excluding hydrogens is 259 g/mol. The molecule has 0 bridgehead atoms. The maximum absolute atomic E-state index is 12.9. The second kappa shape index (κ2) is 4.49. The first kappa shape index (κ1) is 13.3. The van der Waals surface area contributed by atoms with E-state index in [2.05, 4.69) is 4.72 Å². The number of nitrogen functional groups attached to an aromatic ring is 1. The Labute approximate surface area is 105 Å². The van der Waals surface area contributed by atoms with Crippen LogP contribution in [0.3, 0.4) is 0 Å². The summed E-state index contributed by atoms with van der Waals surface area (Å²) in [6.45, 7) is -0.0351. The first-order valence-corrected chi connectivity index (χ1v) is 7.08. The number of nitrogens with two attached hydrogens (primary N) is 1. The lowest BCUT2D eigenvalue weighted by molar-refractivity contribution is -0.0270. The molecule has 1 aromatic rings. The molecule has 1 aliphatic carbocycles. The van der Waals surface area contributed by atoms with E-state index in [-0.39, 0.29) is 17.1 Å². The molecule has 1 fully saturated rings. The molecule has 0 radical (unpaired) electrons. The van der Waals surface area contributed by atoms with Gasteiger partial charge in [0.15, 0.2) is 0 Å². The zero-order valence-corrected chi connectivity index (χ0v) is 10.5. The molecule has 0 spiro atoms. The number of hydrogen-bond donors (Lipinski definition) is 3. The van der Waals surface area contributed by atoms with Gasteiger partial charge in [0, 0.05) is 6.54 Å². The highest BCUT2D eigenvalue weighted by Crippen LogP contribution is 2.31. The largest absolute Gasteiger partial charge is 0.396 e. The molecule has 1 aromatic carbocycles. The molecule has 1 saturated carbocycles. The molecule has 7 heteroatoms. The number of sulfonamides is 1. The number of halogens is 1. The van der Waals surface area contributed by atoms with Gasteiger partial charge in [0.2, 0.25) is 10.0 Å². The van der Waals surface area contributed by atoms with Crippen LogP contribution >= 0.6 is 0 Å². The third kappa shape index (κ3) is 2.63. The molecule has 0 aromatic heterocycles. The Kier molecular flexibility index (Phi) is 3.31. The van der Waals surface area contributed by atoms with Crippen LogP contribution in [0.25, 0.3) is 0 Å². The fraction of sp³-hybridized carbons (Fsp3) is 0.455. The van der Waals surface area contributed by atoms with Crippen molar-refractivity contribution in [3.63, 3.8) is 0 Å². The molecule has 4 N–H and O–H groups in total. The maximum Gasteiger partial charge on any atom is 0.240 e. The second-order valence-electron chi connectivity index (χ2n) is 4.59. The van der Waals surface area contributed by atoms with Crippen LogP contribution in [0.1, 0.15) is 19.3 Å². The van der Waals surface area contributed by atoms with E-state index >= 15 is 0 Å². The molecule has 0 aliphatic heterocycles. The molecule has 0 saturated heterocycles. The van der Waals surface area contributed by atoms with Crippen molar-refractivity contribution in [3.05, 3.63) is 24.0 Å². The Morgan fingerprint density at radius 3 is 2.61 bits per heavy atom. The third-order valence-electron chi connectivity index (χ3n) is 3.15. The molecule has 0 atom stereocenters. The van der Waals surface area contributed by atoms with Crippen molar-refractivity contribution in [2.24, 2.45) is 0 Å². The monoisotopic (exact) mass is 274 g/mol. The molecule has 1 aliphatic rings. The Bertz CT molecular complexity index is 555. The van der Waals surface area contributed by atoms with E-state index < -0.39 is 21.4 Å². The van der Waals surface area contributed by atoms with Crippen LogP contribution in [-0.2, 0) is 10.0 Å². The first-order valence-electron chi connectivity index (χ1n) is 5.60. The van der Waals surface area contributed by atoms with Gasteiger partial charge in [0.1, 0.15) is 5.82 Å². The van der Waals surface area contributed by atoms with Gasteiger partial charge >= 0.3 is 0 Å². The van der Waals surface area contributed by atoms with Gasteiger partial charge < -0.3 is 10.8 Å². The molecular formula is C11H15FN2O3S. The van der Waals surface area contributed by atoms with Crippen molar-refractivity contribution in [1.29, 1.82) is 0 Å². The van der Waals surface area contributed by atoms with Crippen LogP contribution in [0.4, 0.5) is 10.1 Å². The van der Waals surface area contributed by atoms with Crippen LogP contribution in [-0.4, -0.2) is 25.7 Å². The molecule has 2 rings (SSSR count). The van der Waals surface area contributed by atoms with Gasteiger partial charge in [0.05, 0.1) is 16.2 Å². The summed E-state index contributed by atoms with van der Waals surface area (Å²) in [6.07, 6.45) is 2.06. The predicted molar refractivity (Wildman–Crippen MR) is 64.8 cm³/mol. The summed E-state index contributed by atoms with van der Waals surface area (Å²) in [5.74, 6) is -0.661. The van der Waals surface area contributed by atoms with Gasteiger partial charge in [-0.3, -0.25) is 0 Å². The Hall–Kier alpha value is -1.18. The summed E-state index contributed by atoms with van der Waals surface area (Å²) in [5.41, 5.74) is 4.15. The van der Waals surface area contributed by atoms with Gasteiger partial charge in [-0.05, 0) is 37.5 Å². The molecule has 0 amide bonds. The van der Waals surface area contributed by atoms with E-state index in [0.29, 0.717) is 12.8 Å². The Balaban J connectivity index is 2.12. The van der Waals surface area contributed by atoms with E-state index in [9.17, 15) is 17.9 Å². The highest BCUT2D eigenvalue weighted by atomic mass is 32.2.